The molecule has 0 aromatic heterocycles. The number of carbonyl (C=O) groups excluding carboxylic acids is 2. The van der Waals surface area contributed by atoms with E-state index in [1.165, 1.54) is 27.4 Å². The van der Waals surface area contributed by atoms with Gasteiger partial charge in [-0.1, -0.05) is 48.6 Å². The number of aliphatic imine (C=N–C) groups is 1. The number of nitrogens with zero attached hydrogens (tertiary/aromatic N) is 1. The monoisotopic (exact) mass is 480 g/mol. The molecule has 1 aliphatic rings. The van der Waals surface area contributed by atoms with E-state index >= 15 is 0 Å². The van der Waals surface area contributed by atoms with E-state index in [-0.39, 0.29) is 11.9 Å². The van der Waals surface area contributed by atoms with Crippen LogP contribution in [0.2, 0.25) is 0 Å². The zero-order chi connectivity index (χ0) is 26.1. The zero-order valence-corrected chi connectivity index (χ0v) is 20.4. The molecular weight excluding hydrogens is 448 g/mol. The maximum absolute atomic E-state index is 11.8. The maximum Gasteiger partial charge on any atom is 0.280 e. The second-order valence-corrected chi connectivity index (χ2v) is 6.69. The number of amides is 2. The molecule has 0 heterocycles. The summed E-state index contributed by atoms with van der Waals surface area (Å²) in [6.07, 6.45) is 14.5. The zero-order valence-electron chi connectivity index (χ0n) is 20.4. The van der Waals surface area contributed by atoms with Crippen molar-refractivity contribution in [2.24, 2.45) is 16.5 Å². The standard InChI is InChI=1S/C14H15NO.C12H17N3O4/c1-2-3-4-5-9-12-15-14(16)13-10-7-6-8-11-13;1-17-8-5-4-7(11(16)15-12(13)14)6-9(18-2)10(8)19-3/h2-12H,1H3,(H,15,16);4,6H,5H2,1-3H3,(H4,13,14,15,16)/b3-2-,5-4-,12-9+;. The quantitative estimate of drug-likeness (QED) is 0.295. The molecule has 35 heavy (non-hydrogen) atoms. The first-order valence-electron chi connectivity index (χ1n) is 10.6. The number of methoxy groups -OCH3 is 3. The minimum absolute atomic E-state index is 0.101. The van der Waals surface area contributed by atoms with Crippen LogP contribution in [0.4, 0.5) is 0 Å². The Morgan fingerprint density at radius 1 is 0.971 bits per heavy atom. The minimum Gasteiger partial charge on any atom is -0.497 e. The molecule has 2 amide bonds. The molecule has 0 atom stereocenters. The average Bonchev–Trinajstić information content (AvgIpc) is 3.05. The van der Waals surface area contributed by atoms with Crippen molar-refractivity contribution < 1.29 is 23.8 Å². The smallest absolute Gasteiger partial charge is 0.280 e. The van der Waals surface area contributed by atoms with E-state index in [0.717, 1.165) is 0 Å². The number of rotatable bonds is 8. The van der Waals surface area contributed by atoms with Crippen molar-refractivity contribution in [3.05, 3.63) is 107 Å². The van der Waals surface area contributed by atoms with E-state index in [9.17, 15) is 9.59 Å². The number of nitrogens with two attached hydrogens (primary N) is 2. The fourth-order valence-corrected chi connectivity index (χ4v) is 2.66. The lowest BCUT2D eigenvalue weighted by atomic mass is 10.2. The summed E-state index contributed by atoms with van der Waals surface area (Å²) in [5, 5.41) is 2.68. The fourth-order valence-electron chi connectivity index (χ4n) is 2.66. The second kappa shape index (κ2) is 16.1. The highest BCUT2D eigenvalue weighted by Gasteiger charge is 2.20. The Labute approximate surface area is 205 Å². The summed E-state index contributed by atoms with van der Waals surface area (Å²) in [5.74, 6) is 0.382. The third kappa shape index (κ3) is 10.3. The fraction of sp³-hybridized carbons (Fsp3) is 0.192. The molecule has 1 aliphatic carbocycles. The van der Waals surface area contributed by atoms with Crippen molar-refractivity contribution in [1.29, 1.82) is 0 Å². The van der Waals surface area contributed by atoms with Crippen LogP contribution in [0.5, 0.6) is 0 Å². The minimum atomic E-state index is -0.553. The van der Waals surface area contributed by atoms with Crippen molar-refractivity contribution in [2.45, 2.75) is 13.3 Å². The highest BCUT2D eigenvalue weighted by molar-refractivity contribution is 6.03. The Kier molecular flexibility index (Phi) is 13.1. The number of guanidine groups is 1. The normalized spacial score (nSPS) is 13.4. The van der Waals surface area contributed by atoms with E-state index in [4.69, 9.17) is 25.7 Å². The lowest BCUT2D eigenvalue weighted by molar-refractivity contribution is -0.114. The lowest BCUT2D eigenvalue weighted by Crippen LogP contribution is -2.24. The number of ether oxygens (including phenoxy) is 3. The van der Waals surface area contributed by atoms with Crippen molar-refractivity contribution in [1.82, 2.24) is 5.32 Å². The molecule has 0 saturated heterocycles. The van der Waals surface area contributed by atoms with Gasteiger partial charge >= 0.3 is 0 Å². The van der Waals surface area contributed by atoms with Gasteiger partial charge in [-0.05, 0) is 31.2 Å². The van der Waals surface area contributed by atoms with Crippen LogP contribution in [0.3, 0.4) is 0 Å². The Bertz CT molecular complexity index is 1060. The molecule has 9 nitrogen and oxygen atoms in total. The van der Waals surface area contributed by atoms with Gasteiger partial charge in [0, 0.05) is 23.8 Å². The van der Waals surface area contributed by atoms with Gasteiger partial charge in [0.1, 0.15) is 5.76 Å². The highest BCUT2D eigenvalue weighted by atomic mass is 16.5. The summed E-state index contributed by atoms with van der Waals surface area (Å²) in [7, 11) is 4.47. The van der Waals surface area contributed by atoms with Gasteiger partial charge in [-0.25, -0.2) is 0 Å². The van der Waals surface area contributed by atoms with Crippen molar-refractivity contribution in [3.8, 4) is 0 Å². The Balaban J connectivity index is 0.000000355. The first kappa shape index (κ1) is 28.5. The molecular formula is C26H32N4O5. The van der Waals surface area contributed by atoms with Crippen LogP contribution in [0.1, 0.15) is 23.7 Å². The van der Waals surface area contributed by atoms with Gasteiger partial charge in [0.2, 0.25) is 0 Å². The number of nitrogens with one attached hydrogen (secondary N) is 1. The first-order valence-corrected chi connectivity index (χ1v) is 10.6. The van der Waals surface area contributed by atoms with Gasteiger partial charge in [-0.2, -0.15) is 4.99 Å². The summed E-state index contributed by atoms with van der Waals surface area (Å²) < 4.78 is 15.6. The molecule has 2 rings (SSSR count). The van der Waals surface area contributed by atoms with Crippen LogP contribution >= 0.6 is 0 Å². The summed E-state index contributed by atoms with van der Waals surface area (Å²) >= 11 is 0. The first-order chi connectivity index (χ1) is 16.9. The molecule has 9 heteroatoms. The molecule has 1 aromatic rings. The van der Waals surface area contributed by atoms with Crippen LogP contribution in [-0.2, 0) is 19.0 Å². The molecule has 0 bridgehead atoms. The van der Waals surface area contributed by atoms with Crippen LogP contribution in [-0.4, -0.2) is 39.1 Å². The number of hydrogen-bond donors (Lipinski definition) is 3. The van der Waals surface area contributed by atoms with Gasteiger partial charge in [0.05, 0.1) is 21.3 Å². The topological polar surface area (TPSA) is 138 Å². The van der Waals surface area contributed by atoms with E-state index in [2.05, 4.69) is 10.3 Å². The Morgan fingerprint density at radius 3 is 2.23 bits per heavy atom. The van der Waals surface area contributed by atoms with Crippen molar-refractivity contribution in [2.75, 3.05) is 21.3 Å². The van der Waals surface area contributed by atoms with Gasteiger partial charge in [-0.3, -0.25) is 9.59 Å². The third-order valence-electron chi connectivity index (χ3n) is 4.29. The molecule has 0 unspecified atom stereocenters. The third-order valence-corrected chi connectivity index (χ3v) is 4.29. The van der Waals surface area contributed by atoms with E-state index in [1.807, 2.05) is 49.4 Å². The van der Waals surface area contributed by atoms with Gasteiger partial charge in [0.25, 0.3) is 11.8 Å². The number of hydrogen-bond acceptors (Lipinski definition) is 5. The average molecular weight is 481 g/mol. The summed E-state index contributed by atoms with van der Waals surface area (Å²) in [6.45, 7) is 1.95. The SMILES string of the molecule is COC1=CC(C(=O)N=C(N)N)=CCC(OC)=C1OC.C\C=C/C=C\C=C\NC(=O)c1ccccc1. The summed E-state index contributed by atoms with van der Waals surface area (Å²) in [4.78, 5) is 26.8. The Hall–Kier alpha value is -4.53. The Morgan fingerprint density at radius 2 is 1.66 bits per heavy atom. The molecule has 0 fully saturated rings. The van der Waals surface area contributed by atoms with Gasteiger partial charge < -0.3 is 31.0 Å². The summed E-state index contributed by atoms with van der Waals surface area (Å²) in [6, 6.07) is 9.11. The van der Waals surface area contributed by atoms with E-state index < -0.39 is 5.91 Å². The van der Waals surface area contributed by atoms with Crippen molar-refractivity contribution in [3.63, 3.8) is 0 Å². The van der Waals surface area contributed by atoms with Crippen LogP contribution in [0.15, 0.2) is 107 Å². The molecule has 186 valence electrons. The molecule has 1 aromatic carbocycles. The largest absolute Gasteiger partial charge is 0.497 e. The van der Waals surface area contributed by atoms with Gasteiger partial charge in [-0.15, -0.1) is 0 Å². The molecule has 0 saturated carbocycles. The van der Waals surface area contributed by atoms with Crippen molar-refractivity contribution >= 4 is 17.8 Å². The van der Waals surface area contributed by atoms with E-state index in [0.29, 0.717) is 34.8 Å². The molecule has 0 aliphatic heterocycles. The lowest BCUT2D eigenvalue weighted by Gasteiger charge is -2.12. The van der Waals surface area contributed by atoms with E-state index in [1.54, 1.807) is 30.5 Å². The predicted molar refractivity (Wildman–Crippen MR) is 137 cm³/mol. The number of carbonyl (C=O) groups is 2. The van der Waals surface area contributed by atoms with Crippen LogP contribution in [0.25, 0.3) is 0 Å². The summed E-state index contributed by atoms with van der Waals surface area (Å²) in [5.41, 5.74) is 11.3. The molecule has 0 radical (unpaired) electrons. The maximum atomic E-state index is 11.8. The van der Waals surface area contributed by atoms with Crippen LogP contribution in [0, 0.1) is 0 Å². The van der Waals surface area contributed by atoms with Gasteiger partial charge in [0.15, 0.2) is 17.5 Å². The predicted octanol–water partition coefficient (Wildman–Crippen LogP) is 3.21. The van der Waals surface area contributed by atoms with Crippen LogP contribution < -0.4 is 16.8 Å². The number of allylic oxidation sites excluding steroid dienone is 6. The highest BCUT2D eigenvalue weighted by Crippen LogP contribution is 2.25. The second-order valence-electron chi connectivity index (χ2n) is 6.69. The molecule has 0 spiro atoms. The number of benzene rings is 1. The molecule has 5 N–H and O–H groups in total.